The molecule has 3 atom stereocenters. The quantitative estimate of drug-likeness (QED) is 0.0175. The van der Waals surface area contributed by atoms with Crippen LogP contribution in [0.2, 0.25) is 0 Å². The van der Waals surface area contributed by atoms with Crippen molar-refractivity contribution in [3.05, 3.63) is 48.6 Å². The van der Waals surface area contributed by atoms with Crippen LogP contribution >= 0.6 is 7.82 Å². The maximum Gasteiger partial charge on any atom is 0.472 e. The number of carboxylic acid groups (broad SMARTS) is 1. The fourth-order valence-corrected chi connectivity index (χ4v) is 7.19. The Kier molecular flexibility index (Phi) is 41.3. The van der Waals surface area contributed by atoms with Crippen LogP contribution in [0.3, 0.4) is 0 Å². The Bertz CT molecular complexity index is 1200. The summed E-state index contributed by atoms with van der Waals surface area (Å²) in [6, 6.07) is -1.53. The van der Waals surface area contributed by atoms with Crippen LogP contribution in [0.15, 0.2) is 48.6 Å². The van der Waals surface area contributed by atoms with Crippen LogP contribution in [0.1, 0.15) is 206 Å². The van der Waals surface area contributed by atoms with E-state index in [2.05, 4.69) is 42.7 Å². The van der Waals surface area contributed by atoms with E-state index in [9.17, 15) is 23.8 Å². The number of carbonyl (C=O) groups excluding carboxylic acids is 2. The van der Waals surface area contributed by atoms with Crippen LogP contribution in [0.5, 0.6) is 0 Å². The van der Waals surface area contributed by atoms with Crippen molar-refractivity contribution < 1.29 is 47.5 Å². The second-order valence-corrected chi connectivity index (χ2v) is 17.4. The number of rotatable bonds is 44. The van der Waals surface area contributed by atoms with Crippen LogP contribution in [-0.2, 0) is 37.5 Å². The Morgan fingerprint density at radius 1 is 0.533 bits per heavy atom. The zero-order valence-corrected chi connectivity index (χ0v) is 38.7. The normalized spacial score (nSPS) is 14.1. The average Bonchev–Trinajstić information content (AvgIpc) is 3.22. The number of phosphoric ester groups is 1. The van der Waals surface area contributed by atoms with E-state index in [1.807, 2.05) is 24.3 Å². The molecule has 0 aliphatic carbocycles. The summed E-state index contributed by atoms with van der Waals surface area (Å²) in [6.07, 6.45) is 49.0. The van der Waals surface area contributed by atoms with Gasteiger partial charge in [-0.2, -0.15) is 0 Å². The Hall–Kier alpha value is -2.56. The molecule has 0 aromatic rings. The van der Waals surface area contributed by atoms with E-state index in [0.29, 0.717) is 12.8 Å². The second-order valence-electron chi connectivity index (χ2n) is 15.9. The van der Waals surface area contributed by atoms with Gasteiger partial charge in [-0.25, -0.2) is 4.57 Å². The average molecular weight is 868 g/mol. The number of carbonyl (C=O) groups is 3. The number of aliphatic carboxylic acids is 1. The van der Waals surface area contributed by atoms with Gasteiger partial charge >= 0.3 is 25.7 Å². The van der Waals surface area contributed by atoms with Gasteiger partial charge < -0.3 is 25.2 Å². The van der Waals surface area contributed by atoms with Crippen molar-refractivity contribution in [1.82, 2.24) is 0 Å². The number of phosphoric acid groups is 1. The Labute approximate surface area is 365 Å². The number of hydrogen-bond acceptors (Lipinski definition) is 9. The van der Waals surface area contributed by atoms with Crippen LogP contribution < -0.4 is 5.73 Å². The molecule has 11 nitrogen and oxygen atoms in total. The highest BCUT2D eigenvalue weighted by Crippen LogP contribution is 2.43. The van der Waals surface area contributed by atoms with E-state index in [-0.39, 0.29) is 19.4 Å². The SMILES string of the molecule is CC/C=C/C=C/C=C/CCCCCCCC(=O)OC(COC(=O)CCCCCCCCC/C=C/CCCCCCCCCCCCCC)COP(=O)(O)OC[C@H](N)C(=O)O. The summed E-state index contributed by atoms with van der Waals surface area (Å²) in [4.78, 5) is 46.0. The number of hydrogen-bond donors (Lipinski definition) is 3. The maximum atomic E-state index is 12.6. The summed E-state index contributed by atoms with van der Waals surface area (Å²) in [5.41, 5.74) is 5.33. The zero-order valence-electron chi connectivity index (χ0n) is 37.8. The molecule has 0 saturated carbocycles. The van der Waals surface area contributed by atoms with Crippen LogP contribution in [0, 0.1) is 0 Å². The topological polar surface area (TPSA) is 172 Å². The molecule has 0 rings (SSSR count). The third-order valence-corrected chi connectivity index (χ3v) is 11.1. The molecule has 2 unspecified atom stereocenters. The molecule has 0 radical (unpaired) electrons. The fraction of sp³-hybridized carbons (Fsp3) is 0.771. The van der Waals surface area contributed by atoms with Gasteiger partial charge in [0.1, 0.15) is 12.6 Å². The van der Waals surface area contributed by atoms with Gasteiger partial charge in [0.15, 0.2) is 6.10 Å². The van der Waals surface area contributed by atoms with E-state index >= 15 is 0 Å². The van der Waals surface area contributed by atoms with Crippen molar-refractivity contribution in [2.24, 2.45) is 5.73 Å². The molecule has 0 saturated heterocycles. The van der Waals surface area contributed by atoms with Crippen LogP contribution in [-0.4, -0.2) is 59.9 Å². The monoisotopic (exact) mass is 868 g/mol. The Balaban J connectivity index is 4.24. The van der Waals surface area contributed by atoms with E-state index in [1.54, 1.807) is 0 Å². The first kappa shape index (κ1) is 57.4. The molecule has 0 heterocycles. The number of unbranched alkanes of at least 4 members (excludes halogenated alkanes) is 24. The third kappa shape index (κ3) is 42.1. The van der Waals surface area contributed by atoms with Gasteiger partial charge in [0.25, 0.3) is 0 Å². The fourth-order valence-electron chi connectivity index (χ4n) is 6.41. The summed E-state index contributed by atoms with van der Waals surface area (Å²) in [6.45, 7) is 2.66. The van der Waals surface area contributed by atoms with Crippen LogP contribution in [0.25, 0.3) is 0 Å². The first-order chi connectivity index (χ1) is 29.1. The van der Waals surface area contributed by atoms with Crippen molar-refractivity contribution >= 4 is 25.7 Å². The molecule has 0 spiro atoms. The lowest BCUT2D eigenvalue weighted by molar-refractivity contribution is -0.161. The van der Waals surface area contributed by atoms with E-state index in [1.165, 1.54) is 103 Å². The number of allylic oxidation sites excluding steroid dienone is 8. The first-order valence-corrected chi connectivity index (χ1v) is 25.2. The number of carboxylic acids is 1. The molecule has 0 bridgehead atoms. The molecular formula is C48H86NO10P. The van der Waals surface area contributed by atoms with Gasteiger partial charge in [0.05, 0.1) is 13.2 Å². The standard InChI is InChI=1S/C48H86NO10P/c1-3-5-7-9-11-13-15-17-18-19-20-21-22-23-24-25-26-28-29-31-33-35-37-39-46(50)56-41-44(42-57-60(54,55)58-43-45(49)48(52)53)59-47(51)40-38-36-34-32-30-27-16-14-12-10-8-6-4-2/h6,8,10,12,14,16,23-24,44-45H,3-5,7,9,11,13,15,17-22,25-43,49H2,1-2H3,(H,52,53)(H,54,55)/b8-6+,12-10+,16-14+,24-23+/t44?,45-/m0/s1. The molecule has 12 heteroatoms. The lowest BCUT2D eigenvalue weighted by Gasteiger charge is -2.20. The lowest BCUT2D eigenvalue weighted by Crippen LogP contribution is -2.34. The minimum Gasteiger partial charge on any atom is -0.480 e. The predicted molar refractivity (Wildman–Crippen MR) is 245 cm³/mol. The summed E-state index contributed by atoms with van der Waals surface area (Å²) in [7, 11) is -4.72. The molecule has 4 N–H and O–H groups in total. The number of esters is 2. The first-order valence-electron chi connectivity index (χ1n) is 23.7. The van der Waals surface area contributed by atoms with Gasteiger partial charge in [0, 0.05) is 12.8 Å². The van der Waals surface area contributed by atoms with Gasteiger partial charge in [-0.1, -0.05) is 184 Å². The minimum absolute atomic E-state index is 0.136. The zero-order chi connectivity index (χ0) is 44.2. The van der Waals surface area contributed by atoms with Gasteiger partial charge in [0.2, 0.25) is 0 Å². The van der Waals surface area contributed by atoms with Crippen molar-refractivity contribution in [1.29, 1.82) is 0 Å². The van der Waals surface area contributed by atoms with E-state index in [4.69, 9.17) is 24.8 Å². The van der Waals surface area contributed by atoms with Crippen molar-refractivity contribution in [3.8, 4) is 0 Å². The minimum atomic E-state index is -4.72. The summed E-state index contributed by atoms with van der Waals surface area (Å²) < 4.78 is 32.7. The van der Waals surface area contributed by atoms with E-state index < -0.39 is 51.1 Å². The second kappa shape index (κ2) is 43.1. The van der Waals surface area contributed by atoms with Crippen molar-refractivity contribution in [2.45, 2.75) is 219 Å². The highest BCUT2D eigenvalue weighted by atomic mass is 31.2. The molecule has 0 fully saturated rings. The molecule has 0 aromatic heterocycles. The summed E-state index contributed by atoms with van der Waals surface area (Å²) in [5, 5.41) is 8.89. The highest BCUT2D eigenvalue weighted by molar-refractivity contribution is 7.47. The van der Waals surface area contributed by atoms with Gasteiger partial charge in [-0.15, -0.1) is 0 Å². The van der Waals surface area contributed by atoms with Crippen molar-refractivity contribution in [2.75, 3.05) is 19.8 Å². The van der Waals surface area contributed by atoms with Crippen LogP contribution in [0.4, 0.5) is 0 Å². The molecule has 0 amide bonds. The summed E-state index contributed by atoms with van der Waals surface area (Å²) in [5.74, 6) is -2.41. The molecule has 0 aromatic carbocycles. The number of ether oxygens (including phenoxy) is 2. The molecule has 60 heavy (non-hydrogen) atoms. The predicted octanol–water partition coefficient (Wildman–Crippen LogP) is 13.0. The molecule has 0 aliphatic heterocycles. The molecule has 0 aliphatic rings. The molecule has 348 valence electrons. The summed E-state index contributed by atoms with van der Waals surface area (Å²) >= 11 is 0. The maximum absolute atomic E-state index is 12.6. The Morgan fingerprint density at radius 2 is 0.950 bits per heavy atom. The highest BCUT2D eigenvalue weighted by Gasteiger charge is 2.28. The smallest absolute Gasteiger partial charge is 0.472 e. The van der Waals surface area contributed by atoms with Crippen molar-refractivity contribution in [3.63, 3.8) is 0 Å². The third-order valence-electron chi connectivity index (χ3n) is 10.1. The Morgan fingerprint density at radius 3 is 1.43 bits per heavy atom. The van der Waals surface area contributed by atoms with Gasteiger partial charge in [-0.3, -0.25) is 23.4 Å². The largest absolute Gasteiger partial charge is 0.480 e. The molecular weight excluding hydrogens is 781 g/mol. The van der Waals surface area contributed by atoms with E-state index in [0.717, 1.165) is 64.2 Å². The van der Waals surface area contributed by atoms with Gasteiger partial charge in [-0.05, 0) is 57.8 Å². The lowest BCUT2D eigenvalue weighted by atomic mass is 10.0. The number of nitrogens with two attached hydrogens (primary N) is 1.